The van der Waals surface area contributed by atoms with Crippen LogP contribution in [0.2, 0.25) is 0 Å². The van der Waals surface area contributed by atoms with E-state index in [1.807, 2.05) is 29.2 Å². The summed E-state index contributed by atoms with van der Waals surface area (Å²) >= 11 is 3.03. The van der Waals surface area contributed by atoms with Crippen molar-refractivity contribution in [1.82, 2.24) is 9.88 Å². The largest absolute Gasteiger partial charge is 0.336 e. The summed E-state index contributed by atoms with van der Waals surface area (Å²) in [6.07, 6.45) is 0.883. The molecule has 1 atom stereocenters. The van der Waals surface area contributed by atoms with Crippen molar-refractivity contribution >= 4 is 48.9 Å². The van der Waals surface area contributed by atoms with Crippen LogP contribution in [-0.4, -0.2) is 34.9 Å². The highest BCUT2D eigenvalue weighted by Gasteiger charge is 2.26. The first kappa shape index (κ1) is 15.6. The molecule has 0 saturated carbocycles. The van der Waals surface area contributed by atoms with Crippen LogP contribution in [0, 0.1) is 6.92 Å². The average Bonchev–Trinajstić information content (AvgIpc) is 3.23. The number of nitrogens with zero attached hydrogens (tertiary/aromatic N) is 2. The number of hydrogen-bond donors (Lipinski definition) is 2. The Morgan fingerprint density at radius 1 is 1.38 bits per heavy atom. The number of anilines is 2. The lowest BCUT2D eigenvalue weighted by Crippen LogP contribution is -2.31. The fourth-order valence-electron chi connectivity index (χ4n) is 2.85. The zero-order valence-corrected chi connectivity index (χ0v) is 14.9. The Kier molecular flexibility index (Phi) is 3.99. The zero-order chi connectivity index (χ0) is 16.7. The van der Waals surface area contributed by atoms with E-state index in [2.05, 4.69) is 23.3 Å². The van der Waals surface area contributed by atoms with Crippen LogP contribution in [0.5, 0.6) is 0 Å². The van der Waals surface area contributed by atoms with Crippen LogP contribution in [0.1, 0.15) is 21.7 Å². The predicted molar refractivity (Wildman–Crippen MR) is 100 cm³/mol. The Bertz CT molecular complexity index is 870. The Morgan fingerprint density at radius 3 is 2.92 bits per heavy atom. The van der Waals surface area contributed by atoms with E-state index in [-0.39, 0.29) is 11.9 Å². The molecule has 0 spiro atoms. The third-order valence-corrected chi connectivity index (χ3v) is 6.26. The molecule has 4 rings (SSSR count). The number of rotatable bonds is 3. The number of benzene rings is 1. The number of nitrogens with one attached hydrogen (secondary N) is 1. The normalized spacial score (nSPS) is 17.6. The fourth-order valence-corrected chi connectivity index (χ4v) is 4.95. The van der Waals surface area contributed by atoms with Crippen LogP contribution in [0.3, 0.4) is 0 Å². The predicted octanol–water partition coefficient (Wildman–Crippen LogP) is 3.58. The molecule has 1 amide bonds. The highest BCUT2D eigenvalue weighted by Crippen LogP contribution is 2.35. The van der Waals surface area contributed by atoms with Gasteiger partial charge in [-0.25, -0.2) is 4.98 Å². The molecule has 1 saturated heterocycles. The molecule has 5 nitrogen and oxygen atoms in total. The molecule has 3 aromatic rings. The van der Waals surface area contributed by atoms with E-state index >= 15 is 0 Å². The molecule has 3 heterocycles. The van der Waals surface area contributed by atoms with Gasteiger partial charge in [0.05, 0.1) is 9.58 Å². The lowest BCUT2D eigenvalue weighted by Gasteiger charge is -2.13. The Morgan fingerprint density at radius 2 is 2.21 bits per heavy atom. The van der Waals surface area contributed by atoms with E-state index in [1.165, 1.54) is 16.9 Å². The van der Waals surface area contributed by atoms with Gasteiger partial charge in [0.15, 0.2) is 5.13 Å². The van der Waals surface area contributed by atoms with Gasteiger partial charge in [0, 0.05) is 24.8 Å². The van der Waals surface area contributed by atoms with Crippen molar-refractivity contribution in [1.29, 1.82) is 0 Å². The molecule has 1 fully saturated rings. The van der Waals surface area contributed by atoms with Crippen molar-refractivity contribution in [3.8, 4) is 0 Å². The number of hydrogen-bond acceptors (Lipinski definition) is 6. The summed E-state index contributed by atoms with van der Waals surface area (Å²) in [4.78, 5) is 20.6. The van der Waals surface area contributed by atoms with Gasteiger partial charge in [-0.1, -0.05) is 29.5 Å². The molecule has 24 heavy (non-hydrogen) atoms. The summed E-state index contributed by atoms with van der Waals surface area (Å²) in [5.41, 5.74) is 8.13. The first-order chi connectivity index (χ1) is 11.6. The van der Waals surface area contributed by atoms with Crippen molar-refractivity contribution in [2.45, 2.75) is 19.4 Å². The molecular formula is C17H18N4OS2. The van der Waals surface area contributed by atoms with Gasteiger partial charge in [0.25, 0.3) is 5.91 Å². The minimum Gasteiger partial charge on any atom is -0.336 e. The number of thiophene rings is 1. The van der Waals surface area contributed by atoms with Gasteiger partial charge in [-0.2, -0.15) is 0 Å². The Balaban J connectivity index is 1.55. The van der Waals surface area contributed by atoms with E-state index in [1.54, 1.807) is 11.3 Å². The number of likely N-dealkylation sites (tertiary alicyclic amines) is 1. The summed E-state index contributed by atoms with van der Waals surface area (Å²) in [6, 6.07) is 10.2. The lowest BCUT2D eigenvalue weighted by molar-refractivity contribution is 0.0795. The van der Waals surface area contributed by atoms with Crippen LogP contribution in [0.15, 0.2) is 30.3 Å². The molecule has 124 valence electrons. The highest BCUT2D eigenvalue weighted by molar-refractivity contribution is 7.29. The van der Waals surface area contributed by atoms with Gasteiger partial charge >= 0.3 is 0 Å². The number of thiazole rings is 1. The van der Waals surface area contributed by atoms with Gasteiger partial charge < -0.3 is 16.0 Å². The highest BCUT2D eigenvalue weighted by atomic mass is 32.1. The van der Waals surface area contributed by atoms with Gasteiger partial charge in [-0.15, -0.1) is 11.3 Å². The second kappa shape index (κ2) is 6.16. The van der Waals surface area contributed by atoms with E-state index in [0.717, 1.165) is 38.2 Å². The van der Waals surface area contributed by atoms with Crippen molar-refractivity contribution in [3.63, 3.8) is 0 Å². The maximum atomic E-state index is 12.5. The minimum absolute atomic E-state index is 0.0755. The first-order valence-electron chi connectivity index (χ1n) is 7.88. The molecule has 0 unspecified atom stereocenters. The summed E-state index contributed by atoms with van der Waals surface area (Å²) in [7, 11) is 0. The SMILES string of the molecule is Cc1ccccc1Nc1nc2sc(C(=O)N3CC[C@@H](N)C3)cc2s1. The minimum atomic E-state index is 0.0755. The molecule has 0 radical (unpaired) electrons. The molecule has 1 aromatic carbocycles. The number of carbonyl (C=O) groups excluding carboxylic acids is 1. The van der Waals surface area contributed by atoms with E-state index in [0.29, 0.717) is 6.54 Å². The van der Waals surface area contributed by atoms with E-state index < -0.39 is 0 Å². The molecular weight excluding hydrogens is 340 g/mol. The maximum Gasteiger partial charge on any atom is 0.264 e. The van der Waals surface area contributed by atoms with Crippen LogP contribution in [0.25, 0.3) is 9.53 Å². The Hall–Kier alpha value is -1.96. The average molecular weight is 358 g/mol. The summed E-state index contributed by atoms with van der Waals surface area (Å²) in [5, 5.41) is 4.21. The van der Waals surface area contributed by atoms with E-state index in [9.17, 15) is 4.79 Å². The lowest BCUT2D eigenvalue weighted by atomic mass is 10.2. The number of amides is 1. The van der Waals surface area contributed by atoms with Crippen LogP contribution in [0.4, 0.5) is 10.8 Å². The fraction of sp³-hybridized carbons (Fsp3) is 0.294. The van der Waals surface area contributed by atoms with Crippen LogP contribution < -0.4 is 11.1 Å². The van der Waals surface area contributed by atoms with Gasteiger partial charge in [0.1, 0.15) is 4.83 Å². The summed E-state index contributed by atoms with van der Waals surface area (Å²) in [6.45, 7) is 3.47. The van der Waals surface area contributed by atoms with Crippen molar-refractivity contribution in [2.24, 2.45) is 5.73 Å². The summed E-state index contributed by atoms with van der Waals surface area (Å²) in [5.74, 6) is 0.0755. The second-order valence-electron chi connectivity index (χ2n) is 6.04. The van der Waals surface area contributed by atoms with Gasteiger partial charge in [0.2, 0.25) is 0 Å². The number of fused-ring (bicyclic) bond motifs is 1. The summed E-state index contributed by atoms with van der Waals surface area (Å²) < 4.78 is 1.04. The Labute approximate surface area is 148 Å². The topological polar surface area (TPSA) is 71.2 Å². The molecule has 3 N–H and O–H groups in total. The van der Waals surface area contributed by atoms with E-state index in [4.69, 9.17) is 5.73 Å². The number of aromatic nitrogens is 1. The quantitative estimate of drug-likeness (QED) is 0.751. The molecule has 0 aliphatic carbocycles. The molecule has 1 aliphatic rings. The molecule has 1 aliphatic heterocycles. The van der Waals surface area contributed by atoms with Crippen molar-refractivity contribution in [2.75, 3.05) is 18.4 Å². The first-order valence-corrected chi connectivity index (χ1v) is 9.51. The number of para-hydroxylation sites is 1. The third-order valence-electron chi connectivity index (χ3n) is 4.20. The third kappa shape index (κ3) is 2.90. The van der Waals surface area contributed by atoms with Crippen LogP contribution in [-0.2, 0) is 0 Å². The standard InChI is InChI=1S/C17H18N4OS2/c1-10-4-2-3-5-12(10)19-17-20-15-13(24-17)8-14(23-15)16(22)21-7-6-11(18)9-21/h2-5,8,11H,6-7,9,18H2,1H3,(H,19,20)/t11-/m1/s1. The number of nitrogens with two attached hydrogens (primary N) is 1. The smallest absolute Gasteiger partial charge is 0.264 e. The maximum absolute atomic E-state index is 12.5. The second-order valence-corrected chi connectivity index (χ2v) is 8.10. The monoisotopic (exact) mass is 358 g/mol. The van der Waals surface area contributed by atoms with Crippen molar-refractivity contribution in [3.05, 3.63) is 40.8 Å². The molecule has 0 bridgehead atoms. The van der Waals surface area contributed by atoms with Crippen LogP contribution >= 0.6 is 22.7 Å². The molecule has 2 aromatic heterocycles. The molecule has 7 heteroatoms. The zero-order valence-electron chi connectivity index (χ0n) is 13.3. The number of carbonyl (C=O) groups is 1. The van der Waals surface area contributed by atoms with Crippen molar-refractivity contribution < 1.29 is 4.79 Å². The van der Waals surface area contributed by atoms with Gasteiger partial charge in [-0.3, -0.25) is 4.79 Å². The number of aryl methyl sites for hydroxylation is 1. The van der Waals surface area contributed by atoms with Gasteiger partial charge in [-0.05, 0) is 31.0 Å².